The van der Waals surface area contributed by atoms with Crippen molar-refractivity contribution in [3.8, 4) is 5.75 Å². The van der Waals surface area contributed by atoms with E-state index in [1.807, 2.05) is 6.92 Å². The molecule has 152 valence electrons. The van der Waals surface area contributed by atoms with E-state index in [-0.39, 0.29) is 11.5 Å². The van der Waals surface area contributed by atoms with Crippen LogP contribution in [0, 0.1) is 24.6 Å². The van der Waals surface area contributed by atoms with Gasteiger partial charge in [-0.05, 0) is 49.8 Å². The van der Waals surface area contributed by atoms with E-state index >= 15 is 0 Å². The van der Waals surface area contributed by atoms with Crippen molar-refractivity contribution in [1.29, 1.82) is 0 Å². The molecule has 1 aliphatic rings. The van der Waals surface area contributed by atoms with Gasteiger partial charge in [-0.25, -0.2) is 4.39 Å². The summed E-state index contributed by atoms with van der Waals surface area (Å²) in [4.78, 5) is 12.5. The van der Waals surface area contributed by atoms with E-state index in [2.05, 4.69) is 6.92 Å². The fourth-order valence-electron chi connectivity index (χ4n) is 4.41. The minimum absolute atomic E-state index is 0.0581. The number of halogens is 1. The van der Waals surface area contributed by atoms with Crippen LogP contribution in [-0.4, -0.2) is 12.4 Å². The Morgan fingerprint density at radius 2 is 1.67 bits per heavy atom. The molecule has 1 fully saturated rings. The second kappa shape index (κ2) is 11.5. The minimum Gasteiger partial charge on any atom is -0.491 e. The first-order valence-electron chi connectivity index (χ1n) is 11.0. The number of hydrogen-bond donors (Lipinski definition) is 0. The standard InChI is InChI=1S/C24H37FO2/c1-4-6-7-9-19-12-14-20(15-13-19)10-8-11-22(26)21-16-17-23(27-5-2)24(25)18(21)3/h16-17,19-20H,4-15H2,1-3H3. The predicted octanol–water partition coefficient (Wildman–Crippen LogP) is 7.27. The molecule has 0 atom stereocenters. The van der Waals surface area contributed by atoms with Gasteiger partial charge in [0.25, 0.3) is 0 Å². The average molecular weight is 377 g/mol. The summed E-state index contributed by atoms with van der Waals surface area (Å²) >= 11 is 0. The van der Waals surface area contributed by atoms with Crippen molar-refractivity contribution in [2.45, 2.75) is 91.4 Å². The molecular weight excluding hydrogens is 339 g/mol. The van der Waals surface area contributed by atoms with Crippen LogP contribution in [0.3, 0.4) is 0 Å². The Hall–Kier alpha value is -1.38. The van der Waals surface area contributed by atoms with Gasteiger partial charge in [-0.3, -0.25) is 4.79 Å². The van der Waals surface area contributed by atoms with E-state index in [1.54, 1.807) is 19.1 Å². The van der Waals surface area contributed by atoms with E-state index in [0.29, 0.717) is 24.2 Å². The number of carbonyl (C=O) groups is 1. The summed E-state index contributed by atoms with van der Waals surface area (Å²) in [5.41, 5.74) is 0.925. The van der Waals surface area contributed by atoms with Crippen LogP contribution in [0.1, 0.15) is 100 Å². The van der Waals surface area contributed by atoms with Gasteiger partial charge in [-0.15, -0.1) is 0 Å². The zero-order valence-electron chi connectivity index (χ0n) is 17.5. The monoisotopic (exact) mass is 376 g/mol. The molecule has 0 aliphatic heterocycles. The molecule has 2 nitrogen and oxygen atoms in total. The molecule has 0 N–H and O–H groups in total. The van der Waals surface area contributed by atoms with Gasteiger partial charge in [-0.2, -0.15) is 0 Å². The maximum absolute atomic E-state index is 14.3. The third-order valence-electron chi connectivity index (χ3n) is 6.15. The van der Waals surface area contributed by atoms with Gasteiger partial charge in [0.05, 0.1) is 6.61 Å². The highest BCUT2D eigenvalue weighted by Gasteiger charge is 2.21. The summed E-state index contributed by atoms with van der Waals surface area (Å²) in [6.45, 7) is 6.18. The van der Waals surface area contributed by atoms with Gasteiger partial charge < -0.3 is 4.74 Å². The van der Waals surface area contributed by atoms with E-state index < -0.39 is 5.82 Å². The lowest BCUT2D eigenvalue weighted by molar-refractivity contribution is 0.0974. The van der Waals surface area contributed by atoms with Crippen LogP contribution in [0.15, 0.2) is 12.1 Å². The van der Waals surface area contributed by atoms with Gasteiger partial charge in [0, 0.05) is 12.0 Å². The molecule has 1 saturated carbocycles. The summed E-state index contributed by atoms with van der Waals surface area (Å²) in [7, 11) is 0. The number of rotatable bonds is 11. The van der Waals surface area contributed by atoms with Crippen LogP contribution in [0.4, 0.5) is 4.39 Å². The van der Waals surface area contributed by atoms with Crippen molar-refractivity contribution in [3.05, 3.63) is 29.1 Å². The van der Waals surface area contributed by atoms with Crippen molar-refractivity contribution in [3.63, 3.8) is 0 Å². The number of carbonyl (C=O) groups excluding carboxylic acids is 1. The number of ether oxygens (including phenoxy) is 1. The second-order valence-corrected chi connectivity index (χ2v) is 8.18. The summed E-state index contributed by atoms with van der Waals surface area (Å²) in [6, 6.07) is 3.30. The van der Waals surface area contributed by atoms with Crippen molar-refractivity contribution < 1.29 is 13.9 Å². The molecule has 27 heavy (non-hydrogen) atoms. The number of Topliss-reactive ketones (excluding diaryl/α,β-unsaturated/α-hetero) is 1. The van der Waals surface area contributed by atoms with Gasteiger partial charge in [0.2, 0.25) is 0 Å². The zero-order chi connectivity index (χ0) is 19.6. The minimum atomic E-state index is -0.399. The molecule has 1 aromatic carbocycles. The Balaban J connectivity index is 1.73. The molecule has 0 unspecified atom stereocenters. The third-order valence-corrected chi connectivity index (χ3v) is 6.15. The van der Waals surface area contributed by atoms with Gasteiger partial charge in [0.1, 0.15) is 0 Å². The van der Waals surface area contributed by atoms with E-state index in [0.717, 1.165) is 24.7 Å². The van der Waals surface area contributed by atoms with E-state index in [9.17, 15) is 9.18 Å². The first kappa shape index (κ1) is 21.9. The molecule has 2 rings (SSSR count). The Labute approximate surface area is 164 Å². The quantitative estimate of drug-likeness (QED) is 0.300. The van der Waals surface area contributed by atoms with Gasteiger partial charge in [0.15, 0.2) is 17.3 Å². The average Bonchev–Trinajstić information content (AvgIpc) is 2.67. The maximum atomic E-state index is 14.3. The lowest BCUT2D eigenvalue weighted by Gasteiger charge is -2.28. The highest BCUT2D eigenvalue weighted by molar-refractivity contribution is 5.97. The first-order valence-corrected chi connectivity index (χ1v) is 11.0. The number of ketones is 1. The smallest absolute Gasteiger partial charge is 0.168 e. The molecule has 0 amide bonds. The highest BCUT2D eigenvalue weighted by Crippen LogP contribution is 2.34. The fraction of sp³-hybridized carbons (Fsp3) is 0.708. The molecule has 0 saturated heterocycles. The van der Waals surface area contributed by atoms with Crippen molar-refractivity contribution in [2.75, 3.05) is 6.61 Å². The molecule has 0 heterocycles. The Bertz CT molecular complexity index is 588. The highest BCUT2D eigenvalue weighted by atomic mass is 19.1. The van der Waals surface area contributed by atoms with Gasteiger partial charge >= 0.3 is 0 Å². The molecule has 0 spiro atoms. The van der Waals surface area contributed by atoms with E-state index in [4.69, 9.17) is 4.74 Å². The van der Waals surface area contributed by atoms with Crippen LogP contribution in [0.25, 0.3) is 0 Å². The molecule has 0 aromatic heterocycles. The first-order chi connectivity index (χ1) is 13.1. The van der Waals surface area contributed by atoms with Gasteiger partial charge in [-0.1, -0.05) is 64.7 Å². The molecule has 0 bridgehead atoms. The molecule has 3 heteroatoms. The normalized spacial score (nSPS) is 19.9. The van der Waals surface area contributed by atoms with Crippen molar-refractivity contribution in [1.82, 2.24) is 0 Å². The van der Waals surface area contributed by atoms with Crippen molar-refractivity contribution in [2.24, 2.45) is 11.8 Å². The van der Waals surface area contributed by atoms with Crippen LogP contribution in [0.2, 0.25) is 0 Å². The molecule has 1 aliphatic carbocycles. The lowest BCUT2D eigenvalue weighted by Crippen LogP contribution is -2.15. The second-order valence-electron chi connectivity index (χ2n) is 8.18. The van der Waals surface area contributed by atoms with Crippen LogP contribution in [0.5, 0.6) is 5.75 Å². The molecule has 1 aromatic rings. The number of benzene rings is 1. The van der Waals surface area contributed by atoms with E-state index in [1.165, 1.54) is 51.4 Å². The SMILES string of the molecule is CCCCCC1CCC(CCCC(=O)c2ccc(OCC)c(F)c2C)CC1. The zero-order valence-corrected chi connectivity index (χ0v) is 17.5. The summed E-state index contributed by atoms with van der Waals surface area (Å²) in [5.74, 6) is 1.61. The molecule has 0 radical (unpaired) electrons. The summed E-state index contributed by atoms with van der Waals surface area (Å²) in [6.07, 6.45) is 13.4. The fourth-order valence-corrected chi connectivity index (χ4v) is 4.41. The maximum Gasteiger partial charge on any atom is 0.168 e. The Morgan fingerprint density at radius 1 is 1.04 bits per heavy atom. The van der Waals surface area contributed by atoms with Crippen LogP contribution < -0.4 is 4.74 Å². The predicted molar refractivity (Wildman–Crippen MR) is 110 cm³/mol. The Morgan fingerprint density at radius 3 is 2.26 bits per heavy atom. The largest absolute Gasteiger partial charge is 0.491 e. The summed E-state index contributed by atoms with van der Waals surface area (Å²) < 4.78 is 19.6. The number of unbranched alkanes of at least 4 members (excludes halogenated alkanes) is 2. The van der Waals surface area contributed by atoms with Crippen LogP contribution in [-0.2, 0) is 0 Å². The van der Waals surface area contributed by atoms with Crippen molar-refractivity contribution >= 4 is 5.78 Å². The topological polar surface area (TPSA) is 26.3 Å². The lowest BCUT2D eigenvalue weighted by atomic mass is 9.78. The molecular formula is C24H37FO2. The van der Waals surface area contributed by atoms with Crippen LogP contribution >= 0.6 is 0 Å². The summed E-state index contributed by atoms with van der Waals surface area (Å²) in [5, 5.41) is 0. The Kier molecular flexibility index (Phi) is 9.30. The number of hydrogen-bond acceptors (Lipinski definition) is 2. The third kappa shape index (κ3) is 6.62.